The number of nitrogens with zero attached hydrogens (tertiary/aromatic N) is 4. The smallest absolute Gasteiger partial charge is 0.372 e. The Morgan fingerprint density at radius 2 is 2.37 bits per heavy atom. The first-order chi connectivity index (χ1) is 12.9. The molecule has 1 saturated heterocycles. The van der Waals surface area contributed by atoms with Crippen LogP contribution in [-0.4, -0.2) is 48.1 Å². The molecule has 0 spiro atoms. The number of hydrogen-bond acceptors (Lipinski definition) is 10. The van der Waals surface area contributed by atoms with Gasteiger partial charge in [-0.25, -0.2) is 14.3 Å². The zero-order valence-corrected chi connectivity index (χ0v) is 15.1. The second-order valence-corrected chi connectivity index (χ2v) is 6.77. The summed E-state index contributed by atoms with van der Waals surface area (Å²) in [4.78, 5) is 15.5. The second-order valence-electron chi connectivity index (χ2n) is 5.74. The third-order valence-electron chi connectivity index (χ3n) is 4.01. The predicted octanol–water partition coefficient (Wildman–Crippen LogP) is 0.904. The number of aliphatic hydroxyl groups is 2. The van der Waals surface area contributed by atoms with Gasteiger partial charge in [-0.15, -0.1) is 0 Å². The van der Waals surface area contributed by atoms with Crippen molar-refractivity contribution in [2.45, 2.75) is 31.2 Å². The summed E-state index contributed by atoms with van der Waals surface area (Å²) in [6, 6.07) is 4.94. The van der Waals surface area contributed by atoms with Crippen molar-refractivity contribution in [1.29, 1.82) is 5.26 Å². The Hall–Kier alpha value is -2.81. The van der Waals surface area contributed by atoms with Crippen LogP contribution in [0.3, 0.4) is 0 Å². The topological polar surface area (TPSA) is 156 Å². The summed E-state index contributed by atoms with van der Waals surface area (Å²) in [5.41, 5.74) is 4.37. The molecule has 3 heterocycles. The van der Waals surface area contributed by atoms with Crippen molar-refractivity contribution in [3.63, 3.8) is 0 Å². The number of nitriles is 1. The van der Waals surface area contributed by atoms with Crippen molar-refractivity contribution in [3.8, 4) is 6.07 Å². The molecule has 2 aromatic rings. The fraction of sp³-hybridized carbons (Fsp3) is 0.375. The molecule has 0 amide bonds. The number of thioether (sulfide) groups is 1. The van der Waals surface area contributed by atoms with Crippen LogP contribution in [-0.2, 0) is 15.1 Å². The van der Waals surface area contributed by atoms with Gasteiger partial charge >= 0.3 is 5.30 Å². The first-order valence-corrected chi connectivity index (χ1v) is 9.01. The number of aromatic nitrogens is 3. The molecule has 2 aromatic heterocycles. The van der Waals surface area contributed by atoms with Gasteiger partial charge in [0.2, 0.25) is 0 Å². The standard InChI is InChI=1S/C16H17N5O5S/c1-2-5-27-15(24)25-6-10-12(22)13(23)16(7-17,26-10)11-4-3-9-14(18)19-8-20-21(9)11/h3-4,6,8,12-13,22-23H,2,5H2,1H3,(H2,18,19,20)/b10-6+/t12-,13-,16+/m1/s1. The molecule has 0 saturated carbocycles. The lowest BCUT2D eigenvalue weighted by Gasteiger charge is -2.23. The number of fused-ring (bicyclic) bond motifs is 1. The number of aliphatic hydroxyl groups excluding tert-OH is 2. The third kappa shape index (κ3) is 3.18. The van der Waals surface area contributed by atoms with Gasteiger partial charge < -0.3 is 25.4 Å². The van der Waals surface area contributed by atoms with Crippen molar-refractivity contribution in [2.75, 3.05) is 11.5 Å². The molecule has 0 aliphatic carbocycles. The van der Waals surface area contributed by atoms with E-state index in [0.29, 0.717) is 11.3 Å². The van der Waals surface area contributed by atoms with Gasteiger partial charge in [-0.05, 0) is 30.3 Å². The van der Waals surface area contributed by atoms with E-state index < -0.39 is 23.1 Å². The van der Waals surface area contributed by atoms with Crippen molar-refractivity contribution >= 4 is 28.4 Å². The number of hydrogen-bond donors (Lipinski definition) is 3. The molecule has 1 aliphatic rings. The Morgan fingerprint density at radius 1 is 1.59 bits per heavy atom. The minimum absolute atomic E-state index is 0.149. The summed E-state index contributed by atoms with van der Waals surface area (Å²) >= 11 is 0.963. The van der Waals surface area contributed by atoms with Crippen LogP contribution in [0, 0.1) is 11.3 Å². The highest BCUT2D eigenvalue weighted by atomic mass is 32.2. The van der Waals surface area contributed by atoms with Crippen LogP contribution in [0.5, 0.6) is 0 Å². The lowest BCUT2D eigenvalue weighted by atomic mass is 9.93. The Labute approximate surface area is 158 Å². The van der Waals surface area contributed by atoms with Crippen LogP contribution in [0.2, 0.25) is 0 Å². The fourth-order valence-corrected chi connectivity index (χ4v) is 3.17. The number of nitrogen functional groups attached to an aromatic ring is 1. The number of nitrogens with two attached hydrogens (primary N) is 1. The summed E-state index contributed by atoms with van der Waals surface area (Å²) < 4.78 is 11.8. The summed E-state index contributed by atoms with van der Waals surface area (Å²) in [6.45, 7) is 1.92. The highest BCUT2D eigenvalue weighted by Crippen LogP contribution is 2.42. The number of ether oxygens (including phenoxy) is 2. The number of carbonyl (C=O) groups excluding carboxylic acids is 1. The van der Waals surface area contributed by atoms with E-state index in [1.807, 2.05) is 13.0 Å². The molecule has 4 N–H and O–H groups in total. The molecule has 0 radical (unpaired) electrons. The molecular formula is C16H17N5O5S. The van der Waals surface area contributed by atoms with Crippen LogP contribution >= 0.6 is 11.8 Å². The summed E-state index contributed by atoms with van der Waals surface area (Å²) in [7, 11) is 0. The summed E-state index contributed by atoms with van der Waals surface area (Å²) in [5.74, 6) is 0.509. The zero-order valence-electron chi connectivity index (χ0n) is 14.3. The second kappa shape index (κ2) is 7.43. The van der Waals surface area contributed by atoms with Gasteiger partial charge in [0.05, 0.1) is 0 Å². The Bertz CT molecular complexity index is 939. The van der Waals surface area contributed by atoms with Crippen LogP contribution in [0.4, 0.5) is 10.6 Å². The molecule has 1 fully saturated rings. The minimum atomic E-state index is -1.97. The maximum Gasteiger partial charge on any atom is 0.372 e. The van der Waals surface area contributed by atoms with E-state index in [4.69, 9.17) is 15.2 Å². The molecule has 27 heavy (non-hydrogen) atoms. The van der Waals surface area contributed by atoms with Gasteiger partial charge in [0.25, 0.3) is 5.60 Å². The van der Waals surface area contributed by atoms with Crippen molar-refractivity contribution in [3.05, 3.63) is 36.2 Å². The predicted molar refractivity (Wildman–Crippen MR) is 95.1 cm³/mol. The van der Waals surface area contributed by atoms with Crippen molar-refractivity contribution in [1.82, 2.24) is 14.6 Å². The normalized spacial score (nSPS) is 26.1. The molecule has 142 valence electrons. The first-order valence-electron chi connectivity index (χ1n) is 8.03. The molecule has 1 aliphatic heterocycles. The Kier molecular flexibility index (Phi) is 5.22. The van der Waals surface area contributed by atoms with Gasteiger partial charge in [0.1, 0.15) is 42.1 Å². The van der Waals surface area contributed by atoms with E-state index in [0.717, 1.165) is 24.4 Å². The highest BCUT2D eigenvalue weighted by Gasteiger charge is 2.56. The van der Waals surface area contributed by atoms with E-state index in [2.05, 4.69) is 10.1 Å². The van der Waals surface area contributed by atoms with Crippen LogP contribution in [0.15, 0.2) is 30.5 Å². The summed E-state index contributed by atoms with van der Waals surface area (Å²) in [5, 5.41) is 34.0. The molecule has 0 bridgehead atoms. The maximum absolute atomic E-state index is 11.6. The number of anilines is 1. The number of rotatable bonds is 4. The fourth-order valence-electron chi connectivity index (χ4n) is 2.69. The van der Waals surface area contributed by atoms with Gasteiger partial charge in [0.15, 0.2) is 11.6 Å². The maximum atomic E-state index is 11.6. The van der Waals surface area contributed by atoms with E-state index in [1.165, 1.54) is 16.9 Å². The SMILES string of the molecule is CCCSC(=O)O/C=C1/O[C@@](C#N)(c2ccc3c(N)ncnn23)[C@H](O)[C@@H]1O. The van der Waals surface area contributed by atoms with Crippen molar-refractivity contribution < 1.29 is 24.5 Å². The van der Waals surface area contributed by atoms with Crippen LogP contribution < -0.4 is 5.73 Å². The average Bonchev–Trinajstić information content (AvgIpc) is 3.21. The molecule has 0 aromatic carbocycles. The molecule has 11 heteroatoms. The monoisotopic (exact) mass is 391 g/mol. The average molecular weight is 391 g/mol. The third-order valence-corrected chi connectivity index (χ3v) is 4.95. The number of carbonyl (C=O) groups is 1. The molecular weight excluding hydrogens is 374 g/mol. The van der Waals surface area contributed by atoms with E-state index in [1.54, 1.807) is 6.07 Å². The lowest BCUT2D eigenvalue weighted by Crippen LogP contribution is -2.40. The molecule has 3 atom stereocenters. The Balaban J connectivity index is 1.95. The molecule has 3 rings (SSSR count). The minimum Gasteiger partial charge on any atom is -0.462 e. The van der Waals surface area contributed by atoms with Gasteiger partial charge in [-0.3, -0.25) is 0 Å². The zero-order chi connectivity index (χ0) is 19.6. The first kappa shape index (κ1) is 19.0. The van der Waals surface area contributed by atoms with Crippen LogP contribution in [0.1, 0.15) is 19.0 Å². The summed E-state index contributed by atoms with van der Waals surface area (Å²) in [6.07, 6.45) is -0.337. The van der Waals surface area contributed by atoms with Crippen LogP contribution in [0.25, 0.3) is 5.52 Å². The van der Waals surface area contributed by atoms with Gasteiger partial charge in [-0.1, -0.05) is 6.92 Å². The van der Waals surface area contributed by atoms with Gasteiger partial charge in [-0.2, -0.15) is 10.4 Å². The largest absolute Gasteiger partial charge is 0.462 e. The Morgan fingerprint density at radius 3 is 3.07 bits per heavy atom. The van der Waals surface area contributed by atoms with E-state index in [9.17, 15) is 20.3 Å². The molecule has 0 unspecified atom stereocenters. The van der Waals surface area contributed by atoms with E-state index >= 15 is 0 Å². The highest BCUT2D eigenvalue weighted by molar-refractivity contribution is 8.13. The van der Waals surface area contributed by atoms with E-state index in [-0.39, 0.29) is 17.3 Å². The van der Waals surface area contributed by atoms with Gasteiger partial charge in [0, 0.05) is 5.75 Å². The molecule has 10 nitrogen and oxygen atoms in total. The van der Waals surface area contributed by atoms with Crippen molar-refractivity contribution in [2.24, 2.45) is 0 Å². The quantitative estimate of drug-likeness (QED) is 0.505. The lowest BCUT2D eigenvalue weighted by molar-refractivity contribution is -0.0253.